The second kappa shape index (κ2) is 12.0. The topological polar surface area (TPSA) is 0 Å². The molecule has 0 N–H and O–H groups in total. The van der Waals surface area contributed by atoms with Crippen LogP contribution in [-0.4, -0.2) is 0 Å². The summed E-state index contributed by atoms with van der Waals surface area (Å²) < 4.78 is 0. The van der Waals surface area contributed by atoms with Crippen LogP contribution in [0.1, 0.15) is 44.9 Å². The molecule has 3 aromatic rings. The molecule has 0 aliphatic heterocycles. The summed E-state index contributed by atoms with van der Waals surface area (Å²) in [6, 6.07) is 21.7. The van der Waals surface area contributed by atoms with Gasteiger partial charge in [-0.3, -0.25) is 0 Å². The molecule has 0 aliphatic rings. The van der Waals surface area contributed by atoms with Crippen LogP contribution in [0, 0.1) is 27.7 Å². The SMILES string of the molecule is Cc1c(C)c(C)[c-](C(c2ccccc2)c2ccccc2)c1C.[Cl-].[Cl-].[Cl-].[Ti+4]. The average Bonchev–Trinajstić information content (AvgIpc) is 2.75. The number of rotatable bonds is 3. The average molecular weight is 442 g/mol. The smallest absolute Gasteiger partial charge is 1.00 e. The fraction of sp³-hybridized carbons (Fsp3) is 0.227. The van der Waals surface area contributed by atoms with Crippen molar-refractivity contribution in [1.29, 1.82) is 0 Å². The Morgan fingerprint density at radius 2 is 0.885 bits per heavy atom. The summed E-state index contributed by atoms with van der Waals surface area (Å²) in [6.45, 7) is 9.02. The molecule has 4 heteroatoms. The van der Waals surface area contributed by atoms with Gasteiger partial charge in [-0.2, -0.15) is 22.3 Å². The van der Waals surface area contributed by atoms with Gasteiger partial charge in [0.1, 0.15) is 0 Å². The van der Waals surface area contributed by atoms with Crippen molar-refractivity contribution in [2.75, 3.05) is 0 Å². The van der Waals surface area contributed by atoms with Crippen molar-refractivity contribution in [1.82, 2.24) is 0 Å². The standard InChI is InChI=1S/C22H23.3ClH.Ti/c1-15-16(2)18(4)21(17(15)3)22(19-11-7-5-8-12-19)20-13-9-6-10-14-20;;;;/h5-14,22H,1-4H3;3*1H;/q-1;;;;+4/p-3. The molecular formula is C22H23Cl3Ti. The third kappa shape index (κ3) is 5.21. The van der Waals surface area contributed by atoms with E-state index in [0.717, 1.165) is 0 Å². The van der Waals surface area contributed by atoms with Crippen LogP contribution in [0.4, 0.5) is 0 Å². The largest absolute Gasteiger partial charge is 4.00 e. The van der Waals surface area contributed by atoms with E-state index in [4.69, 9.17) is 0 Å². The molecule has 0 fully saturated rings. The summed E-state index contributed by atoms with van der Waals surface area (Å²) in [6.07, 6.45) is 0. The van der Waals surface area contributed by atoms with Crippen LogP contribution < -0.4 is 37.2 Å². The van der Waals surface area contributed by atoms with Gasteiger partial charge in [-0.15, -0.1) is 5.56 Å². The van der Waals surface area contributed by atoms with E-state index in [2.05, 4.69) is 88.4 Å². The number of benzene rings is 2. The van der Waals surface area contributed by atoms with Gasteiger partial charge in [0.05, 0.1) is 0 Å². The van der Waals surface area contributed by atoms with Crippen molar-refractivity contribution in [2.45, 2.75) is 33.6 Å². The van der Waals surface area contributed by atoms with Crippen LogP contribution in [0.3, 0.4) is 0 Å². The monoisotopic (exact) mass is 440 g/mol. The molecule has 26 heavy (non-hydrogen) atoms. The Kier molecular flexibility index (Phi) is 12.7. The van der Waals surface area contributed by atoms with Crippen LogP contribution >= 0.6 is 0 Å². The first-order valence-corrected chi connectivity index (χ1v) is 7.94. The molecule has 0 radical (unpaired) electrons. The molecule has 0 nitrogen and oxygen atoms in total. The van der Waals surface area contributed by atoms with Gasteiger partial charge < -0.3 is 37.2 Å². The molecule has 0 unspecified atom stereocenters. The first-order valence-electron chi connectivity index (χ1n) is 7.94. The Labute approximate surface area is 191 Å². The number of hydrogen-bond donors (Lipinski definition) is 0. The Balaban J connectivity index is 0. The Morgan fingerprint density at radius 1 is 0.577 bits per heavy atom. The fourth-order valence-electron chi connectivity index (χ4n) is 3.50. The van der Waals surface area contributed by atoms with Crippen molar-refractivity contribution in [2.24, 2.45) is 0 Å². The Bertz CT molecular complexity index is 715. The summed E-state index contributed by atoms with van der Waals surface area (Å²) in [5.41, 5.74) is 9.95. The molecule has 0 saturated carbocycles. The van der Waals surface area contributed by atoms with E-state index >= 15 is 0 Å². The van der Waals surface area contributed by atoms with Gasteiger partial charge in [-0.05, 0) is 17.0 Å². The van der Waals surface area contributed by atoms with E-state index in [1.807, 2.05) is 0 Å². The van der Waals surface area contributed by atoms with Gasteiger partial charge >= 0.3 is 21.7 Å². The zero-order chi connectivity index (χ0) is 15.7. The molecule has 136 valence electrons. The van der Waals surface area contributed by atoms with Crippen LogP contribution in [0.25, 0.3) is 0 Å². The fourth-order valence-corrected chi connectivity index (χ4v) is 3.50. The zero-order valence-electron chi connectivity index (χ0n) is 15.5. The molecule has 0 amide bonds. The molecular weight excluding hydrogens is 418 g/mol. The van der Waals surface area contributed by atoms with E-state index in [0.29, 0.717) is 5.92 Å². The van der Waals surface area contributed by atoms with Crippen molar-refractivity contribution in [3.8, 4) is 0 Å². The summed E-state index contributed by atoms with van der Waals surface area (Å²) in [5.74, 6) is 0.315. The maximum absolute atomic E-state index is 2.27. The van der Waals surface area contributed by atoms with Crippen molar-refractivity contribution in [3.63, 3.8) is 0 Å². The molecule has 0 aliphatic carbocycles. The summed E-state index contributed by atoms with van der Waals surface area (Å²) in [7, 11) is 0. The van der Waals surface area contributed by atoms with Crippen molar-refractivity contribution < 1.29 is 58.9 Å². The zero-order valence-corrected chi connectivity index (χ0v) is 19.3. The summed E-state index contributed by atoms with van der Waals surface area (Å²) in [5, 5.41) is 0. The van der Waals surface area contributed by atoms with E-state index in [9.17, 15) is 0 Å². The van der Waals surface area contributed by atoms with Crippen LogP contribution in [-0.2, 0) is 21.7 Å². The Hall–Kier alpha value is -0.626. The maximum atomic E-state index is 2.27. The van der Waals surface area contributed by atoms with E-state index in [1.165, 1.54) is 38.9 Å². The van der Waals surface area contributed by atoms with Gasteiger partial charge in [0.25, 0.3) is 0 Å². The second-order valence-electron chi connectivity index (χ2n) is 6.17. The predicted molar refractivity (Wildman–Crippen MR) is 94.8 cm³/mol. The van der Waals surface area contributed by atoms with Gasteiger partial charge in [0.2, 0.25) is 0 Å². The first kappa shape index (κ1) is 27.6. The van der Waals surface area contributed by atoms with E-state index in [-0.39, 0.29) is 58.9 Å². The van der Waals surface area contributed by atoms with Gasteiger partial charge in [-0.25, -0.2) is 0 Å². The normalized spacial score (nSPS) is 9.42. The minimum atomic E-state index is 0. The molecule has 3 rings (SSSR count). The van der Waals surface area contributed by atoms with Gasteiger partial charge in [0.15, 0.2) is 0 Å². The van der Waals surface area contributed by atoms with Crippen molar-refractivity contribution >= 4 is 0 Å². The quantitative estimate of drug-likeness (QED) is 0.297. The van der Waals surface area contributed by atoms with Crippen LogP contribution in [0.5, 0.6) is 0 Å². The first-order chi connectivity index (χ1) is 10.6. The number of hydrogen-bond acceptors (Lipinski definition) is 0. The second-order valence-corrected chi connectivity index (χ2v) is 6.17. The van der Waals surface area contributed by atoms with Gasteiger partial charge in [-0.1, -0.05) is 88.4 Å². The minimum absolute atomic E-state index is 0. The third-order valence-corrected chi connectivity index (χ3v) is 5.05. The summed E-state index contributed by atoms with van der Waals surface area (Å²) in [4.78, 5) is 0. The molecule has 0 spiro atoms. The van der Waals surface area contributed by atoms with Crippen LogP contribution in [0.2, 0.25) is 0 Å². The van der Waals surface area contributed by atoms with E-state index in [1.54, 1.807) is 0 Å². The van der Waals surface area contributed by atoms with Crippen molar-refractivity contribution in [3.05, 3.63) is 99.6 Å². The number of halogens is 3. The predicted octanol–water partition coefficient (Wildman–Crippen LogP) is -3.17. The molecule has 0 heterocycles. The van der Waals surface area contributed by atoms with Crippen LogP contribution in [0.15, 0.2) is 60.7 Å². The molecule has 3 aromatic carbocycles. The molecule has 0 atom stereocenters. The molecule has 0 bridgehead atoms. The molecule has 0 aromatic heterocycles. The maximum Gasteiger partial charge on any atom is 4.00 e. The van der Waals surface area contributed by atoms with Gasteiger partial charge in [0, 0.05) is 0 Å². The summed E-state index contributed by atoms with van der Waals surface area (Å²) >= 11 is 0. The Morgan fingerprint density at radius 3 is 1.19 bits per heavy atom. The molecule has 0 saturated heterocycles. The van der Waals surface area contributed by atoms with E-state index < -0.39 is 0 Å². The third-order valence-electron chi connectivity index (χ3n) is 5.05. The minimum Gasteiger partial charge on any atom is -1.00 e.